The van der Waals surface area contributed by atoms with Crippen molar-refractivity contribution in [3.05, 3.63) is 0 Å². The number of rotatable bonds is 3. The maximum Gasteiger partial charge on any atom is 0.0596 e. The van der Waals surface area contributed by atoms with Crippen LogP contribution >= 0.6 is 0 Å². The monoisotopic (exact) mass is 250 g/mol. The summed E-state index contributed by atoms with van der Waals surface area (Å²) in [6.45, 7) is 6.87. The summed E-state index contributed by atoms with van der Waals surface area (Å²) in [4.78, 5) is 0. The average Bonchev–Trinajstić information content (AvgIpc) is 2.22. The number of hydrogen-bond donors (Lipinski definition) is 1. The second-order valence-corrected chi connectivity index (χ2v) is 8.90. The molecule has 0 aromatic rings. The van der Waals surface area contributed by atoms with Gasteiger partial charge in [-0.25, -0.2) is 0 Å². The van der Waals surface area contributed by atoms with Crippen LogP contribution in [-0.2, 0) is 0 Å². The van der Waals surface area contributed by atoms with Crippen LogP contribution in [0.15, 0.2) is 0 Å². The molecule has 1 nitrogen and oxygen atoms in total. The molecule has 4 saturated carbocycles. The summed E-state index contributed by atoms with van der Waals surface area (Å²) in [6.07, 6.45) is 10.6. The van der Waals surface area contributed by atoms with Gasteiger partial charge in [0.1, 0.15) is 0 Å². The molecule has 1 heteroatoms. The Balaban J connectivity index is 1.67. The van der Waals surface area contributed by atoms with Gasteiger partial charge in [0, 0.05) is 0 Å². The van der Waals surface area contributed by atoms with Crippen LogP contribution in [0.3, 0.4) is 0 Å². The van der Waals surface area contributed by atoms with Crippen LogP contribution in [-0.4, -0.2) is 11.2 Å². The zero-order chi connectivity index (χ0) is 13.0. The van der Waals surface area contributed by atoms with Crippen molar-refractivity contribution < 1.29 is 5.11 Å². The smallest absolute Gasteiger partial charge is 0.0596 e. The minimum atomic E-state index is -0.0230. The highest BCUT2D eigenvalue weighted by molar-refractivity contribution is 5.04. The first-order valence-electron chi connectivity index (χ1n) is 8.04. The van der Waals surface area contributed by atoms with Crippen LogP contribution in [0.1, 0.15) is 72.1 Å². The third-order valence-electron chi connectivity index (χ3n) is 5.96. The molecule has 1 atom stereocenters. The molecule has 4 fully saturated rings. The van der Waals surface area contributed by atoms with Crippen LogP contribution < -0.4 is 0 Å². The molecule has 104 valence electrons. The van der Waals surface area contributed by atoms with E-state index >= 15 is 0 Å². The molecule has 4 aliphatic rings. The Kier molecular flexibility index (Phi) is 3.05. The van der Waals surface area contributed by atoms with Crippen molar-refractivity contribution >= 4 is 0 Å². The summed E-state index contributed by atoms with van der Waals surface area (Å²) in [5.41, 5.74) is 0.698. The third kappa shape index (κ3) is 2.35. The molecule has 0 radical (unpaired) electrons. The van der Waals surface area contributed by atoms with Crippen LogP contribution in [0.5, 0.6) is 0 Å². The third-order valence-corrected chi connectivity index (χ3v) is 5.96. The molecule has 0 spiro atoms. The highest BCUT2D eigenvalue weighted by Crippen LogP contribution is 2.61. The predicted molar refractivity (Wildman–Crippen MR) is 75.3 cm³/mol. The van der Waals surface area contributed by atoms with Gasteiger partial charge in [-0.2, -0.15) is 0 Å². The average molecular weight is 250 g/mol. The highest BCUT2D eigenvalue weighted by atomic mass is 16.3. The van der Waals surface area contributed by atoms with E-state index in [1.54, 1.807) is 0 Å². The molecule has 0 aromatic carbocycles. The van der Waals surface area contributed by atoms with Gasteiger partial charge in [-0.3, -0.25) is 0 Å². The van der Waals surface area contributed by atoms with Crippen molar-refractivity contribution in [1.29, 1.82) is 0 Å². The van der Waals surface area contributed by atoms with Crippen LogP contribution in [0, 0.1) is 28.6 Å². The maximum absolute atomic E-state index is 10.8. The van der Waals surface area contributed by atoms with E-state index < -0.39 is 0 Å². The van der Waals surface area contributed by atoms with Gasteiger partial charge < -0.3 is 5.11 Å². The van der Waals surface area contributed by atoms with Crippen LogP contribution in [0.2, 0.25) is 0 Å². The largest absolute Gasteiger partial charge is 0.393 e. The van der Waals surface area contributed by atoms with Gasteiger partial charge in [0.15, 0.2) is 0 Å². The van der Waals surface area contributed by atoms with Crippen molar-refractivity contribution in [2.24, 2.45) is 28.6 Å². The first-order valence-corrected chi connectivity index (χ1v) is 8.04. The number of aliphatic hydroxyl groups is 1. The Bertz CT molecular complexity index is 277. The summed E-state index contributed by atoms with van der Waals surface area (Å²) < 4.78 is 0. The Morgan fingerprint density at radius 3 is 1.83 bits per heavy atom. The highest BCUT2D eigenvalue weighted by Gasteiger charge is 2.53. The lowest BCUT2D eigenvalue weighted by atomic mass is 9.48. The SMILES string of the molecule is CC(C)(C)CCC(O)C12CC3CC(CC(C3)C1)C2. The maximum atomic E-state index is 10.8. The lowest BCUT2D eigenvalue weighted by molar-refractivity contribution is -0.123. The molecular formula is C17H30O. The minimum Gasteiger partial charge on any atom is -0.393 e. The van der Waals surface area contributed by atoms with E-state index in [9.17, 15) is 5.11 Å². The fraction of sp³-hybridized carbons (Fsp3) is 1.00. The van der Waals surface area contributed by atoms with E-state index in [-0.39, 0.29) is 6.10 Å². The van der Waals surface area contributed by atoms with E-state index in [1.165, 1.54) is 38.5 Å². The summed E-state index contributed by atoms with van der Waals surface area (Å²) >= 11 is 0. The zero-order valence-corrected chi connectivity index (χ0v) is 12.4. The van der Waals surface area contributed by atoms with Crippen molar-refractivity contribution in [3.63, 3.8) is 0 Å². The molecule has 18 heavy (non-hydrogen) atoms. The Morgan fingerprint density at radius 2 is 1.44 bits per heavy atom. The van der Waals surface area contributed by atoms with Gasteiger partial charge in [0.2, 0.25) is 0 Å². The van der Waals surface area contributed by atoms with E-state index in [4.69, 9.17) is 0 Å². The zero-order valence-electron chi connectivity index (χ0n) is 12.4. The van der Waals surface area contributed by atoms with E-state index in [1.807, 2.05) is 0 Å². The Labute approximate surface area is 112 Å². The second-order valence-electron chi connectivity index (χ2n) is 8.90. The Hall–Kier alpha value is -0.0400. The molecule has 0 amide bonds. The second kappa shape index (κ2) is 4.23. The van der Waals surface area contributed by atoms with E-state index in [0.717, 1.165) is 30.6 Å². The quantitative estimate of drug-likeness (QED) is 0.787. The fourth-order valence-corrected chi connectivity index (χ4v) is 5.46. The first-order chi connectivity index (χ1) is 8.36. The summed E-state index contributed by atoms with van der Waals surface area (Å²) in [6, 6.07) is 0. The van der Waals surface area contributed by atoms with Gasteiger partial charge in [-0.15, -0.1) is 0 Å². The molecule has 0 aliphatic heterocycles. The first kappa shape index (κ1) is 13.0. The minimum absolute atomic E-state index is 0.0230. The summed E-state index contributed by atoms with van der Waals surface area (Å²) in [7, 11) is 0. The van der Waals surface area contributed by atoms with Crippen LogP contribution in [0.25, 0.3) is 0 Å². The lowest BCUT2D eigenvalue weighted by Gasteiger charge is -2.58. The molecule has 4 bridgehead atoms. The molecule has 1 N–H and O–H groups in total. The predicted octanol–water partition coefficient (Wildman–Crippen LogP) is 4.39. The molecule has 0 saturated heterocycles. The summed E-state index contributed by atoms with van der Waals surface area (Å²) in [5.74, 6) is 2.88. The molecular weight excluding hydrogens is 220 g/mol. The van der Waals surface area contributed by atoms with Crippen molar-refractivity contribution in [1.82, 2.24) is 0 Å². The Morgan fingerprint density at radius 1 is 1.00 bits per heavy atom. The normalized spacial score (nSPS) is 44.3. The van der Waals surface area contributed by atoms with Crippen LogP contribution in [0.4, 0.5) is 0 Å². The molecule has 4 rings (SSSR count). The van der Waals surface area contributed by atoms with Gasteiger partial charge in [0.05, 0.1) is 6.10 Å². The molecule has 1 unspecified atom stereocenters. The standard InChI is InChI=1S/C17H30O/c1-16(2,3)5-4-15(18)17-9-12-6-13(10-17)8-14(7-12)11-17/h12-15,18H,4-11H2,1-3H3. The summed E-state index contributed by atoms with van der Waals surface area (Å²) in [5, 5.41) is 10.8. The van der Waals surface area contributed by atoms with Gasteiger partial charge in [-0.1, -0.05) is 20.8 Å². The van der Waals surface area contributed by atoms with E-state index in [0.29, 0.717) is 10.8 Å². The van der Waals surface area contributed by atoms with Crippen molar-refractivity contribution in [2.75, 3.05) is 0 Å². The lowest BCUT2D eigenvalue weighted by Crippen LogP contribution is -2.51. The molecule has 4 aliphatic carbocycles. The topological polar surface area (TPSA) is 20.2 Å². The molecule has 0 heterocycles. The fourth-order valence-electron chi connectivity index (χ4n) is 5.46. The molecule has 0 aromatic heterocycles. The van der Waals surface area contributed by atoms with Crippen molar-refractivity contribution in [2.45, 2.75) is 78.2 Å². The van der Waals surface area contributed by atoms with Gasteiger partial charge in [-0.05, 0) is 80.0 Å². The van der Waals surface area contributed by atoms with Crippen molar-refractivity contribution in [3.8, 4) is 0 Å². The van der Waals surface area contributed by atoms with Gasteiger partial charge in [0.25, 0.3) is 0 Å². The van der Waals surface area contributed by atoms with E-state index in [2.05, 4.69) is 20.8 Å². The number of hydrogen-bond acceptors (Lipinski definition) is 1. The number of aliphatic hydroxyl groups excluding tert-OH is 1. The van der Waals surface area contributed by atoms with Gasteiger partial charge >= 0.3 is 0 Å².